The maximum atomic E-state index is 12.4. The molecule has 0 fully saturated rings. The minimum Gasteiger partial charge on any atom is -0.452 e. The third kappa shape index (κ3) is 7.38. The van der Waals surface area contributed by atoms with E-state index in [2.05, 4.69) is 16.0 Å². The molecular formula is C22H25N3O5. The molecule has 8 heteroatoms. The number of benzene rings is 2. The molecule has 8 nitrogen and oxygen atoms in total. The van der Waals surface area contributed by atoms with Gasteiger partial charge >= 0.3 is 12.0 Å². The summed E-state index contributed by atoms with van der Waals surface area (Å²) in [4.78, 5) is 48.1. The highest BCUT2D eigenvalue weighted by Crippen LogP contribution is 2.17. The highest BCUT2D eigenvalue weighted by atomic mass is 16.5. The van der Waals surface area contributed by atoms with E-state index >= 15 is 0 Å². The van der Waals surface area contributed by atoms with Crippen molar-refractivity contribution in [2.24, 2.45) is 0 Å². The van der Waals surface area contributed by atoms with Crippen molar-refractivity contribution in [3.8, 4) is 0 Å². The number of anilines is 1. The zero-order valence-corrected chi connectivity index (χ0v) is 16.9. The Labute approximate surface area is 175 Å². The Kier molecular flexibility index (Phi) is 8.56. The van der Waals surface area contributed by atoms with Gasteiger partial charge in [-0.25, -0.2) is 9.59 Å². The molecule has 2 aromatic rings. The molecule has 0 heterocycles. The maximum Gasteiger partial charge on any atom is 0.340 e. The van der Waals surface area contributed by atoms with Gasteiger partial charge in [-0.05, 0) is 31.0 Å². The molecule has 0 aliphatic heterocycles. The fraction of sp³-hybridized carbons (Fsp3) is 0.273. The second-order valence-corrected chi connectivity index (χ2v) is 6.66. The summed E-state index contributed by atoms with van der Waals surface area (Å²) in [6.45, 7) is 3.07. The molecule has 4 amide bonds. The number of nitrogens with one attached hydrogen (secondary N) is 3. The largest absolute Gasteiger partial charge is 0.452 e. The van der Waals surface area contributed by atoms with Crippen molar-refractivity contribution in [2.75, 3.05) is 11.9 Å². The van der Waals surface area contributed by atoms with Gasteiger partial charge in [0.05, 0.1) is 17.7 Å². The van der Waals surface area contributed by atoms with Gasteiger partial charge in [0, 0.05) is 6.04 Å². The number of carbonyl (C=O) groups excluding carboxylic acids is 4. The molecule has 0 bridgehead atoms. The fourth-order valence-electron chi connectivity index (χ4n) is 2.48. The summed E-state index contributed by atoms with van der Waals surface area (Å²) in [5, 5.41) is 7.35. The minimum absolute atomic E-state index is 0.0910. The van der Waals surface area contributed by atoms with Crippen LogP contribution in [0, 0.1) is 0 Å². The van der Waals surface area contributed by atoms with Gasteiger partial charge in [-0.15, -0.1) is 0 Å². The van der Waals surface area contributed by atoms with Crippen molar-refractivity contribution in [1.82, 2.24) is 10.6 Å². The van der Waals surface area contributed by atoms with Gasteiger partial charge in [-0.2, -0.15) is 0 Å². The molecule has 0 saturated heterocycles. The normalized spacial score (nSPS) is 11.1. The monoisotopic (exact) mass is 411 g/mol. The van der Waals surface area contributed by atoms with E-state index in [4.69, 9.17) is 4.74 Å². The number of rotatable bonds is 8. The molecule has 0 aromatic heterocycles. The van der Waals surface area contributed by atoms with Crippen molar-refractivity contribution in [1.29, 1.82) is 0 Å². The predicted molar refractivity (Wildman–Crippen MR) is 112 cm³/mol. The highest BCUT2D eigenvalue weighted by molar-refractivity contribution is 6.02. The van der Waals surface area contributed by atoms with E-state index in [-0.39, 0.29) is 29.6 Å². The van der Waals surface area contributed by atoms with E-state index in [1.54, 1.807) is 25.1 Å². The molecule has 0 aliphatic carbocycles. The first-order valence-electron chi connectivity index (χ1n) is 9.59. The Balaban J connectivity index is 1.91. The number of esters is 1. The van der Waals surface area contributed by atoms with Crippen molar-refractivity contribution < 1.29 is 23.9 Å². The molecule has 3 N–H and O–H groups in total. The van der Waals surface area contributed by atoms with Crippen molar-refractivity contribution in [3.63, 3.8) is 0 Å². The highest BCUT2D eigenvalue weighted by Gasteiger charge is 2.17. The van der Waals surface area contributed by atoms with Crippen LogP contribution in [0.15, 0.2) is 54.6 Å². The van der Waals surface area contributed by atoms with Crippen LogP contribution in [0.4, 0.5) is 10.5 Å². The predicted octanol–water partition coefficient (Wildman–Crippen LogP) is 2.65. The number of urea groups is 1. The number of imide groups is 1. The van der Waals surface area contributed by atoms with E-state index in [0.29, 0.717) is 6.42 Å². The first-order valence-corrected chi connectivity index (χ1v) is 9.59. The molecule has 0 spiro atoms. The lowest BCUT2D eigenvalue weighted by molar-refractivity contribution is -0.123. The average molecular weight is 411 g/mol. The number of carbonyl (C=O) groups is 4. The standard InChI is InChI=1S/C22H25N3O5/c1-3-15(2)23-22(29)25-20(27)14-30-21(28)17-11-7-8-12-18(17)24-19(26)13-16-9-5-4-6-10-16/h4-12,15H,3,13-14H2,1-2H3,(H,24,26)(H2,23,25,27,29)/t15-/m0/s1. The summed E-state index contributed by atoms with van der Waals surface area (Å²) in [7, 11) is 0. The summed E-state index contributed by atoms with van der Waals surface area (Å²) >= 11 is 0. The van der Waals surface area contributed by atoms with Crippen LogP contribution in [0.1, 0.15) is 36.2 Å². The number of hydrogen-bond donors (Lipinski definition) is 3. The van der Waals surface area contributed by atoms with E-state index in [1.165, 1.54) is 6.07 Å². The Bertz CT molecular complexity index is 899. The maximum absolute atomic E-state index is 12.4. The van der Waals surface area contributed by atoms with Crippen LogP contribution in [0.3, 0.4) is 0 Å². The van der Waals surface area contributed by atoms with Crippen LogP contribution in [0.2, 0.25) is 0 Å². The summed E-state index contributed by atoms with van der Waals surface area (Å²) in [5.41, 5.74) is 1.22. The van der Waals surface area contributed by atoms with Crippen molar-refractivity contribution in [3.05, 3.63) is 65.7 Å². The summed E-state index contributed by atoms with van der Waals surface area (Å²) in [5.74, 6) is -1.83. The molecule has 1 atom stereocenters. The summed E-state index contributed by atoms with van der Waals surface area (Å²) in [6, 6.07) is 14.8. The van der Waals surface area contributed by atoms with E-state index in [9.17, 15) is 19.2 Å². The molecule has 2 aromatic carbocycles. The summed E-state index contributed by atoms with van der Waals surface area (Å²) in [6.07, 6.45) is 0.862. The molecular weight excluding hydrogens is 386 g/mol. The summed E-state index contributed by atoms with van der Waals surface area (Å²) < 4.78 is 4.98. The number of para-hydroxylation sites is 1. The molecule has 0 aliphatic rings. The van der Waals surface area contributed by atoms with Crippen LogP contribution < -0.4 is 16.0 Å². The zero-order valence-electron chi connectivity index (χ0n) is 16.9. The Morgan fingerprint density at radius 3 is 2.30 bits per heavy atom. The zero-order chi connectivity index (χ0) is 21.9. The Morgan fingerprint density at radius 1 is 0.933 bits per heavy atom. The third-order valence-electron chi connectivity index (χ3n) is 4.21. The van der Waals surface area contributed by atoms with Gasteiger partial charge in [0.15, 0.2) is 6.61 Å². The van der Waals surface area contributed by atoms with E-state index in [1.807, 2.05) is 37.3 Å². The smallest absolute Gasteiger partial charge is 0.340 e. The van der Waals surface area contributed by atoms with Gasteiger partial charge in [0.2, 0.25) is 5.91 Å². The van der Waals surface area contributed by atoms with Crippen LogP contribution in [0.5, 0.6) is 0 Å². The fourth-order valence-corrected chi connectivity index (χ4v) is 2.48. The SMILES string of the molecule is CC[C@H](C)NC(=O)NC(=O)COC(=O)c1ccccc1NC(=O)Cc1ccccc1. The topological polar surface area (TPSA) is 114 Å². The van der Waals surface area contributed by atoms with Crippen LogP contribution in [-0.4, -0.2) is 36.5 Å². The second kappa shape index (κ2) is 11.4. The number of amides is 4. The van der Waals surface area contributed by atoms with Crippen molar-refractivity contribution in [2.45, 2.75) is 32.7 Å². The molecule has 158 valence electrons. The van der Waals surface area contributed by atoms with Crippen molar-refractivity contribution >= 4 is 29.5 Å². The quantitative estimate of drug-likeness (QED) is 0.578. The molecule has 0 radical (unpaired) electrons. The molecule has 0 unspecified atom stereocenters. The van der Waals surface area contributed by atoms with Crippen LogP contribution in [0.25, 0.3) is 0 Å². The molecule has 30 heavy (non-hydrogen) atoms. The Hall–Kier alpha value is -3.68. The Morgan fingerprint density at radius 2 is 1.60 bits per heavy atom. The number of hydrogen-bond acceptors (Lipinski definition) is 5. The minimum atomic E-state index is -0.789. The number of ether oxygens (including phenoxy) is 1. The first-order chi connectivity index (χ1) is 14.4. The lowest BCUT2D eigenvalue weighted by Gasteiger charge is -2.13. The van der Waals surface area contributed by atoms with Gasteiger partial charge in [-0.1, -0.05) is 49.4 Å². The second-order valence-electron chi connectivity index (χ2n) is 6.66. The molecule has 2 rings (SSSR count). The van der Waals surface area contributed by atoms with Crippen LogP contribution in [-0.2, 0) is 20.7 Å². The van der Waals surface area contributed by atoms with E-state index in [0.717, 1.165) is 5.56 Å². The van der Waals surface area contributed by atoms with Gasteiger partial charge in [0.25, 0.3) is 5.91 Å². The average Bonchev–Trinajstić information content (AvgIpc) is 2.72. The lowest BCUT2D eigenvalue weighted by atomic mass is 10.1. The third-order valence-corrected chi connectivity index (χ3v) is 4.21. The van der Waals surface area contributed by atoms with Gasteiger partial charge in [0.1, 0.15) is 0 Å². The van der Waals surface area contributed by atoms with Gasteiger partial charge < -0.3 is 15.4 Å². The first kappa shape index (κ1) is 22.6. The lowest BCUT2D eigenvalue weighted by Crippen LogP contribution is -2.44. The van der Waals surface area contributed by atoms with Gasteiger partial charge in [-0.3, -0.25) is 14.9 Å². The van der Waals surface area contributed by atoms with Crippen LogP contribution >= 0.6 is 0 Å². The van der Waals surface area contributed by atoms with E-state index < -0.39 is 24.5 Å². The molecule has 0 saturated carbocycles.